The third-order valence-electron chi connectivity index (χ3n) is 13.8. The van der Waals surface area contributed by atoms with Gasteiger partial charge >= 0.3 is 17.9 Å². The van der Waals surface area contributed by atoms with Gasteiger partial charge in [-0.2, -0.15) is 0 Å². The summed E-state index contributed by atoms with van der Waals surface area (Å²) in [5, 5.41) is 0. The van der Waals surface area contributed by atoms with Gasteiger partial charge in [0.1, 0.15) is 13.2 Å². The minimum atomic E-state index is -0.763. The number of rotatable bonds is 53. The Balaban J connectivity index is 4.23. The van der Waals surface area contributed by atoms with Gasteiger partial charge in [-0.15, -0.1) is 0 Å². The number of unbranched alkanes of at least 4 members (excludes halogenated alkanes) is 37. The van der Waals surface area contributed by atoms with Crippen LogP contribution in [0, 0.1) is 11.8 Å². The van der Waals surface area contributed by atoms with E-state index in [0.717, 1.165) is 69.6 Å². The van der Waals surface area contributed by atoms with Crippen LogP contribution in [0.15, 0.2) is 0 Å². The highest BCUT2D eigenvalue weighted by atomic mass is 16.6. The summed E-state index contributed by atoms with van der Waals surface area (Å²) in [6.07, 6.45) is 55.2. The first-order chi connectivity index (χ1) is 31.8. The van der Waals surface area contributed by atoms with E-state index in [9.17, 15) is 14.4 Å². The van der Waals surface area contributed by atoms with E-state index in [1.165, 1.54) is 218 Å². The molecule has 0 aromatic carbocycles. The molecule has 0 heterocycles. The molecule has 0 aliphatic heterocycles. The quantitative estimate of drug-likeness (QED) is 0.0344. The normalized spacial score (nSPS) is 12.5. The van der Waals surface area contributed by atoms with E-state index in [-0.39, 0.29) is 31.1 Å². The average molecular weight is 920 g/mol. The second-order valence-electron chi connectivity index (χ2n) is 21.0. The molecule has 6 heteroatoms. The van der Waals surface area contributed by atoms with Crippen LogP contribution in [0.2, 0.25) is 0 Å². The van der Waals surface area contributed by atoms with E-state index in [2.05, 4.69) is 34.6 Å². The fourth-order valence-electron chi connectivity index (χ4n) is 9.02. The summed E-state index contributed by atoms with van der Waals surface area (Å²) in [7, 11) is 0. The minimum Gasteiger partial charge on any atom is -0.462 e. The Bertz CT molecular complexity index is 995. The van der Waals surface area contributed by atoms with Crippen molar-refractivity contribution in [2.24, 2.45) is 11.8 Å². The standard InChI is InChI=1S/C59H114O6/c1-6-8-9-10-11-12-13-14-22-25-28-34-39-44-49-57(60)63-52-56(65-59(62)51-46-41-36-31-30-33-38-43-48-55(5)7-2)53-64-58(61)50-45-40-35-29-26-23-20-18-16-15-17-19-21-24-27-32-37-42-47-54(3)4/h54-56H,6-53H2,1-5H3/t55?,56-/m1/s1. The van der Waals surface area contributed by atoms with Gasteiger partial charge in [-0.25, -0.2) is 0 Å². The zero-order chi connectivity index (χ0) is 47.5. The fraction of sp³-hybridized carbons (Fsp3) is 0.949. The molecule has 0 amide bonds. The van der Waals surface area contributed by atoms with Gasteiger partial charge in [0, 0.05) is 19.3 Å². The number of carbonyl (C=O) groups excluding carboxylic acids is 3. The van der Waals surface area contributed by atoms with Crippen molar-refractivity contribution in [3.05, 3.63) is 0 Å². The molecule has 0 bridgehead atoms. The summed E-state index contributed by atoms with van der Waals surface area (Å²) in [5.74, 6) is 0.863. The van der Waals surface area contributed by atoms with Crippen molar-refractivity contribution >= 4 is 17.9 Å². The zero-order valence-corrected chi connectivity index (χ0v) is 44.6. The van der Waals surface area contributed by atoms with E-state index in [1.807, 2.05) is 0 Å². The average Bonchev–Trinajstić information content (AvgIpc) is 3.29. The van der Waals surface area contributed by atoms with Crippen molar-refractivity contribution in [1.29, 1.82) is 0 Å². The van der Waals surface area contributed by atoms with Gasteiger partial charge in [0.15, 0.2) is 6.10 Å². The largest absolute Gasteiger partial charge is 0.462 e. The van der Waals surface area contributed by atoms with E-state index < -0.39 is 6.10 Å². The lowest BCUT2D eigenvalue weighted by Crippen LogP contribution is -2.30. The second kappa shape index (κ2) is 51.8. The molecule has 0 spiro atoms. The molecule has 386 valence electrons. The lowest BCUT2D eigenvalue weighted by molar-refractivity contribution is -0.167. The van der Waals surface area contributed by atoms with Crippen molar-refractivity contribution < 1.29 is 28.6 Å². The molecule has 0 saturated heterocycles. The van der Waals surface area contributed by atoms with Gasteiger partial charge in [0.05, 0.1) is 0 Å². The number of hydrogen-bond acceptors (Lipinski definition) is 6. The molecular formula is C59H114O6. The van der Waals surface area contributed by atoms with E-state index in [0.29, 0.717) is 19.3 Å². The first kappa shape index (κ1) is 63.4. The Morgan fingerprint density at radius 3 is 0.877 bits per heavy atom. The molecule has 0 aliphatic carbocycles. The molecule has 0 aromatic rings. The summed E-state index contributed by atoms with van der Waals surface area (Å²) in [6.45, 7) is 11.4. The van der Waals surface area contributed by atoms with Crippen molar-refractivity contribution in [3.8, 4) is 0 Å². The predicted molar refractivity (Wildman–Crippen MR) is 280 cm³/mol. The molecule has 2 atom stereocenters. The lowest BCUT2D eigenvalue weighted by Gasteiger charge is -2.18. The maximum atomic E-state index is 12.8. The summed E-state index contributed by atoms with van der Waals surface area (Å²) in [5.41, 5.74) is 0. The first-order valence-electron chi connectivity index (χ1n) is 29.3. The van der Waals surface area contributed by atoms with Crippen LogP contribution in [0.1, 0.15) is 330 Å². The molecule has 0 N–H and O–H groups in total. The Hall–Kier alpha value is -1.59. The molecule has 0 aliphatic rings. The van der Waals surface area contributed by atoms with Crippen LogP contribution in [0.25, 0.3) is 0 Å². The zero-order valence-electron chi connectivity index (χ0n) is 44.6. The molecule has 1 unspecified atom stereocenters. The van der Waals surface area contributed by atoms with Gasteiger partial charge in [0.25, 0.3) is 0 Å². The SMILES string of the molecule is CCCCCCCCCCCCCCCCC(=O)OC[C@H](COC(=O)CCCCCCCCCCCCCCCCCCCCC(C)C)OC(=O)CCCCCCCCCCC(C)CC. The molecule has 65 heavy (non-hydrogen) atoms. The lowest BCUT2D eigenvalue weighted by atomic mass is 9.99. The summed E-state index contributed by atoms with van der Waals surface area (Å²) in [6, 6.07) is 0. The van der Waals surface area contributed by atoms with Crippen molar-refractivity contribution in [2.75, 3.05) is 13.2 Å². The molecule has 0 rings (SSSR count). The van der Waals surface area contributed by atoms with Crippen LogP contribution in [0.3, 0.4) is 0 Å². The van der Waals surface area contributed by atoms with Gasteiger partial charge < -0.3 is 14.2 Å². The third kappa shape index (κ3) is 51.6. The van der Waals surface area contributed by atoms with Crippen molar-refractivity contribution in [3.63, 3.8) is 0 Å². The molecule has 0 fully saturated rings. The van der Waals surface area contributed by atoms with Crippen LogP contribution >= 0.6 is 0 Å². The van der Waals surface area contributed by atoms with Gasteiger partial charge in [-0.3, -0.25) is 14.4 Å². The monoisotopic (exact) mass is 919 g/mol. The Morgan fingerprint density at radius 1 is 0.323 bits per heavy atom. The van der Waals surface area contributed by atoms with Crippen LogP contribution in [0.5, 0.6) is 0 Å². The number of ether oxygens (including phenoxy) is 3. The smallest absolute Gasteiger partial charge is 0.306 e. The van der Waals surface area contributed by atoms with E-state index >= 15 is 0 Å². The van der Waals surface area contributed by atoms with Crippen LogP contribution < -0.4 is 0 Å². The summed E-state index contributed by atoms with van der Waals surface area (Å²) in [4.78, 5) is 38.1. The fourth-order valence-corrected chi connectivity index (χ4v) is 9.02. The summed E-state index contributed by atoms with van der Waals surface area (Å²) >= 11 is 0. The van der Waals surface area contributed by atoms with Crippen LogP contribution in [-0.4, -0.2) is 37.2 Å². The van der Waals surface area contributed by atoms with Crippen LogP contribution in [-0.2, 0) is 28.6 Å². The summed E-state index contributed by atoms with van der Waals surface area (Å²) < 4.78 is 16.9. The maximum Gasteiger partial charge on any atom is 0.306 e. The van der Waals surface area contributed by atoms with E-state index in [1.54, 1.807) is 0 Å². The molecular weight excluding hydrogens is 805 g/mol. The van der Waals surface area contributed by atoms with Crippen LogP contribution in [0.4, 0.5) is 0 Å². The predicted octanol–water partition coefficient (Wildman–Crippen LogP) is 19.3. The highest BCUT2D eigenvalue weighted by molar-refractivity contribution is 5.71. The van der Waals surface area contributed by atoms with Crippen molar-refractivity contribution in [2.45, 2.75) is 336 Å². The third-order valence-corrected chi connectivity index (χ3v) is 13.8. The Kier molecular flexibility index (Phi) is 50.5. The topological polar surface area (TPSA) is 78.9 Å². The number of esters is 3. The van der Waals surface area contributed by atoms with Gasteiger partial charge in [-0.1, -0.05) is 291 Å². The van der Waals surface area contributed by atoms with Crippen molar-refractivity contribution in [1.82, 2.24) is 0 Å². The number of hydrogen-bond donors (Lipinski definition) is 0. The molecule has 6 nitrogen and oxygen atoms in total. The second-order valence-corrected chi connectivity index (χ2v) is 21.0. The molecule has 0 saturated carbocycles. The molecule has 0 aromatic heterocycles. The maximum absolute atomic E-state index is 12.8. The highest BCUT2D eigenvalue weighted by Crippen LogP contribution is 2.19. The first-order valence-corrected chi connectivity index (χ1v) is 29.3. The molecule has 0 radical (unpaired) electrons. The van der Waals surface area contributed by atoms with Gasteiger partial charge in [0.2, 0.25) is 0 Å². The number of carbonyl (C=O) groups is 3. The van der Waals surface area contributed by atoms with Gasteiger partial charge in [-0.05, 0) is 31.1 Å². The Morgan fingerprint density at radius 2 is 0.585 bits per heavy atom. The minimum absolute atomic E-state index is 0.0631. The van der Waals surface area contributed by atoms with E-state index in [4.69, 9.17) is 14.2 Å². The highest BCUT2D eigenvalue weighted by Gasteiger charge is 2.19. The Labute approximate surface area is 406 Å².